The molecule has 0 amide bonds. The number of aryl methyl sites for hydroxylation is 2. The Kier molecular flexibility index (Phi) is 7.37. The van der Waals surface area contributed by atoms with Crippen LogP contribution in [0.1, 0.15) is 35.2 Å². The number of phenols is 1. The number of guanidine groups is 1. The molecule has 0 radical (unpaired) electrons. The molecule has 0 atom stereocenters. The first-order chi connectivity index (χ1) is 12.1. The maximum atomic E-state index is 10.3. The van der Waals surface area contributed by atoms with Crippen molar-refractivity contribution in [2.45, 2.75) is 38.8 Å². The van der Waals surface area contributed by atoms with Crippen molar-refractivity contribution in [1.82, 2.24) is 14.8 Å². The fourth-order valence-corrected chi connectivity index (χ4v) is 3.62. The van der Waals surface area contributed by atoms with Gasteiger partial charge in [-0.15, -0.1) is 24.0 Å². The summed E-state index contributed by atoms with van der Waals surface area (Å²) >= 11 is 0. The third kappa shape index (κ3) is 4.52. The van der Waals surface area contributed by atoms with Crippen LogP contribution < -0.4 is 5.32 Å². The number of rotatable bonds is 4. The standard InChI is InChI=1S/C20H28N4O.HI/c1-21-20(24(3)14-16-8-6-12-23(16)2)22-13-18-17-9-5-4-7-15(17)10-11-19(18)25;/h6,8,10-12,25H,4-5,7,9,13-14H2,1-3H3,(H,21,22);1H. The van der Waals surface area contributed by atoms with Gasteiger partial charge >= 0.3 is 0 Å². The number of aliphatic imine (C=N–C) groups is 1. The molecule has 1 aliphatic carbocycles. The quantitative estimate of drug-likeness (QED) is 0.411. The first-order valence-corrected chi connectivity index (χ1v) is 8.94. The molecule has 5 nitrogen and oxygen atoms in total. The van der Waals surface area contributed by atoms with E-state index in [9.17, 15) is 5.11 Å². The summed E-state index contributed by atoms with van der Waals surface area (Å²) in [4.78, 5) is 6.49. The average Bonchev–Trinajstić information content (AvgIpc) is 3.02. The number of fused-ring (bicyclic) bond motifs is 1. The van der Waals surface area contributed by atoms with Crippen LogP contribution in [0.3, 0.4) is 0 Å². The lowest BCUT2D eigenvalue weighted by Crippen LogP contribution is -2.38. The summed E-state index contributed by atoms with van der Waals surface area (Å²) < 4.78 is 2.11. The number of benzene rings is 1. The van der Waals surface area contributed by atoms with E-state index in [-0.39, 0.29) is 24.0 Å². The van der Waals surface area contributed by atoms with Gasteiger partial charge in [-0.3, -0.25) is 4.99 Å². The second kappa shape index (κ2) is 9.30. The van der Waals surface area contributed by atoms with E-state index in [0.29, 0.717) is 12.3 Å². The number of nitrogens with zero attached hydrogens (tertiary/aromatic N) is 3. The maximum Gasteiger partial charge on any atom is 0.194 e. The van der Waals surface area contributed by atoms with Gasteiger partial charge in [0, 0.05) is 45.1 Å². The molecule has 0 spiro atoms. The molecule has 3 rings (SSSR count). The van der Waals surface area contributed by atoms with Crippen molar-refractivity contribution in [3.05, 3.63) is 52.8 Å². The topological polar surface area (TPSA) is 52.8 Å². The summed E-state index contributed by atoms with van der Waals surface area (Å²) in [6.45, 7) is 1.38. The lowest BCUT2D eigenvalue weighted by atomic mass is 9.88. The number of halogens is 1. The number of aromatic hydroxyl groups is 1. The van der Waals surface area contributed by atoms with Crippen LogP contribution in [-0.4, -0.2) is 34.6 Å². The molecule has 2 N–H and O–H groups in total. The molecule has 6 heteroatoms. The van der Waals surface area contributed by atoms with Crippen molar-refractivity contribution in [3.8, 4) is 5.75 Å². The third-order valence-corrected chi connectivity index (χ3v) is 5.07. The Balaban J connectivity index is 0.00000243. The average molecular weight is 468 g/mol. The number of nitrogens with one attached hydrogen (secondary N) is 1. The zero-order chi connectivity index (χ0) is 17.8. The van der Waals surface area contributed by atoms with Crippen LogP contribution in [0.2, 0.25) is 0 Å². The van der Waals surface area contributed by atoms with Gasteiger partial charge in [0.05, 0.1) is 6.54 Å². The summed E-state index contributed by atoms with van der Waals surface area (Å²) in [5.74, 6) is 1.21. The minimum absolute atomic E-state index is 0. The normalized spacial score (nSPS) is 13.7. The minimum Gasteiger partial charge on any atom is -0.508 e. The van der Waals surface area contributed by atoms with Crippen molar-refractivity contribution in [3.63, 3.8) is 0 Å². The van der Waals surface area contributed by atoms with E-state index < -0.39 is 0 Å². The molecule has 1 aromatic heterocycles. The Morgan fingerprint density at radius 2 is 2.04 bits per heavy atom. The Bertz CT molecular complexity index is 769. The molecule has 0 bridgehead atoms. The number of phenolic OH excluding ortho intramolecular Hbond substituents is 1. The Morgan fingerprint density at radius 3 is 2.73 bits per heavy atom. The summed E-state index contributed by atoms with van der Waals surface area (Å²) in [6, 6.07) is 8.07. The van der Waals surface area contributed by atoms with Crippen LogP contribution in [0.25, 0.3) is 0 Å². The first kappa shape index (κ1) is 20.6. The molecular formula is C20H29IN4O. The Hall–Kier alpha value is -1.70. The third-order valence-electron chi connectivity index (χ3n) is 5.07. The molecule has 1 heterocycles. The highest BCUT2D eigenvalue weighted by Crippen LogP contribution is 2.30. The first-order valence-electron chi connectivity index (χ1n) is 8.94. The van der Waals surface area contributed by atoms with E-state index in [2.05, 4.69) is 31.9 Å². The van der Waals surface area contributed by atoms with Crippen LogP contribution in [0.5, 0.6) is 5.75 Å². The van der Waals surface area contributed by atoms with E-state index in [0.717, 1.165) is 30.9 Å². The second-order valence-electron chi connectivity index (χ2n) is 6.78. The van der Waals surface area contributed by atoms with Crippen molar-refractivity contribution < 1.29 is 5.11 Å². The molecule has 26 heavy (non-hydrogen) atoms. The molecule has 142 valence electrons. The van der Waals surface area contributed by atoms with Crippen molar-refractivity contribution in [1.29, 1.82) is 0 Å². The molecule has 2 aromatic rings. The molecule has 0 aliphatic heterocycles. The van der Waals surface area contributed by atoms with Gasteiger partial charge < -0.3 is 19.9 Å². The van der Waals surface area contributed by atoms with Crippen LogP contribution in [0.4, 0.5) is 0 Å². The lowest BCUT2D eigenvalue weighted by Gasteiger charge is -2.25. The fraction of sp³-hybridized carbons (Fsp3) is 0.450. The molecule has 0 saturated carbocycles. The smallest absolute Gasteiger partial charge is 0.194 e. The monoisotopic (exact) mass is 468 g/mol. The highest BCUT2D eigenvalue weighted by molar-refractivity contribution is 14.0. The van der Waals surface area contributed by atoms with E-state index >= 15 is 0 Å². The summed E-state index contributed by atoms with van der Waals surface area (Å²) in [5, 5.41) is 13.8. The molecule has 0 fully saturated rings. The van der Waals surface area contributed by atoms with Gasteiger partial charge in [-0.05, 0) is 55.0 Å². The number of hydrogen-bond acceptors (Lipinski definition) is 2. The summed E-state index contributed by atoms with van der Waals surface area (Å²) in [6.07, 6.45) is 6.66. The van der Waals surface area contributed by atoms with Gasteiger partial charge in [0.25, 0.3) is 0 Å². The zero-order valence-corrected chi connectivity index (χ0v) is 18.2. The van der Waals surface area contributed by atoms with Gasteiger partial charge in [-0.2, -0.15) is 0 Å². The predicted octanol–water partition coefficient (Wildman–Crippen LogP) is 3.43. The van der Waals surface area contributed by atoms with Gasteiger partial charge in [0.15, 0.2) is 5.96 Å². The minimum atomic E-state index is 0. The fourth-order valence-electron chi connectivity index (χ4n) is 3.62. The Labute approximate surface area is 173 Å². The maximum absolute atomic E-state index is 10.3. The Morgan fingerprint density at radius 1 is 1.27 bits per heavy atom. The largest absolute Gasteiger partial charge is 0.508 e. The molecule has 1 aliphatic rings. The lowest BCUT2D eigenvalue weighted by molar-refractivity contribution is 0.451. The molecule has 0 saturated heterocycles. The molecular weight excluding hydrogens is 439 g/mol. The van der Waals surface area contributed by atoms with E-state index in [4.69, 9.17) is 0 Å². The van der Waals surface area contributed by atoms with Crippen molar-refractivity contribution >= 4 is 29.9 Å². The van der Waals surface area contributed by atoms with E-state index in [1.165, 1.54) is 29.7 Å². The van der Waals surface area contributed by atoms with Crippen LogP contribution in [0.15, 0.2) is 35.5 Å². The summed E-state index contributed by atoms with van der Waals surface area (Å²) in [5.41, 5.74) is 4.95. The van der Waals surface area contributed by atoms with Crippen LogP contribution >= 0.6 is 24.0 Å². The van der Waals surface area contributed by atoms with Crippen LogP contribution in [-0.2, 0) is 33.0 Å². The molecule has 0 unspecified atom stereocenters. The van der Waals surface area contributed by atoms with Crippen molar-refractivity contribution in [2.75, 3.05) is 14.1 Å². The van der Waals surface area contributed by atoms with Gasteiger partial charge in [0.1, 0.15) is 5.75 Å². The van der Waals surface area contributed by atoms with E-state index in [1.54, 1.807) is 7.05 Å². The zero-order valence-electron chi connectivity index (χ0n) is 15.8. The van der Waals surface area contributed by atoms with Gasteiger partial charge in [0.2, 0.25) is 0 Å². The molecule has 1 aromatic carbocycles. The number of aromatic nitrogens is 1. The predicted molar refractivity (Wildman–Crippen MR) is 117 cm³/mol. The van der Waals surface area contributed by atoms with Crippen LogP contribution in [0, 0.1) is 0 Å². The van der Waals surface area contributed by atoms with Gasteiger partial charge in [-0.25, -0.2) is 0 Å². The van der Waals surface area contributed by atoms with Gasteiger partial charge in [-0.1, -0.05) is 6.07 Å². The highest BCUT2D eigenvalue weighted by Gasteiger charge is 2.17. The SMILES string of the molecule is CN=C(NCc1c(O)ccc2c1CCCC2)N(C)Cc1cccn1C.I. The number of hydrogen-bond donors (Lipinski definition) is 2. The second-order valence-corrected chi connectivity index (χ2v) is 6.78. The summed E-state index contributed by atoms with van der Waals surface area (Å²) in [7, 11) is 5.88. The van der Waals surface area contributed by atoms with E-state index in [1.807, 2.05) is 32.4 Å². The van der Waals surface area contributed by atoms with Crippen molar-refractivity contribution in [2.24, 2.45) is 12.0 Å². The highest BCUT2D eigenvalue weighted by atomic mass is 127.